The second-order valence-corrected chi connectivity index (χ2v) is 5.22. The topological polar surface area (TPSA) is 29.3 Å². The molecule has 3 heteroatoms. The lowest BCUT2D eigenvalue weighted by Crippen LogP contribution is -2.20. The number of hydrogen-bond acceptors (Lipinski definition) is 2. The van der Waals surface area contributed by atoms with Crippen molar-refractivity contribution < 1.29 is 4.39 Å². The first-order valence-electron chi connectivity index (χ1n) is 6.34. The minimum absolute atomic E-state index is 0.154. The first-order chi connectivity index (χ1) is 8.10. The van der Waals surface area contributed by atoms with Gasteiger partial charge in [0, 0.05) is 18.8 Å². The van der Waals surface area contributed by atoms with Crippen molar-refractivity contribution >= 4 is 5.69 Å². The Morgan fingerprint density at radius 1 is 1.24 bits per heavy atom. The first kappa shape index (κ1) is 12.4. The summed E-state index contributed by atoms with van der Waals surface area (Å²) >= 11 is 0. The number of nitrogens with two attached hydrogens (primary N) is 1. The molecule has 0 amide bonds. The molecule has 0 saturated carbocycles. The fourth-order valence-electron chi connectivity index (χ4n) is 2.47. The van der Waals surface area contributed by atoms with Gasteiger partial charge in [-0.15, -0.1) is 0 Å². The largest absolute Gasteiger partial charge is 0.371 e. The number of nitrogens with zero attached hydrogens (tertiary/aromatic N) is 1. The minimum Gasteiger partial charge on any atom is -0.371 e. The van der Waals surface area contributed by atoms with E-state index in [-0.39, 0.29) is 5.82 Å². The van der Waals surface area contributed by atoms with Gasteiger partial charge in [0.1, 0.15) is 5.82 Å². The Kier molecular flexibility index (Phi) is 3.67. The molecule has 2 atom stereocenters. The maximum atomic E-state index is 13.5. The van der Waals surface area contributed by atoms with Gasteiger partial charge in [-0.25, -0.2) is 4.39 Å². The highest BCUT2D eigenvalue weighted by Crippen LogP contribution is 2.28. The molecule has 0 aliphatic carbocycles. The van der Waals surface area contributed by atoms with Gasteiger partial charge < -0.3 is 10.6 Å². The summed E-state index contributed by atoms with van der Waals surface area (Å²) < 4.78 is 13.5. The average molecular weight is 236 g/mol. The van der Waals surface area contributed by atoms with Crippen LogP contribution in [0.3, 0.4) is 0 Å². The molecular weight excluding hydrogens is 215 g/mol. The molecule has 1 heterocycles. The zero-order valence-corrected chi connectivity index (χ0v) is 10.6. The number of rotatable bonds is 3. The van der Waals surface area contributed by atoms with Crippen molar-refractivity contribution in [2.24, 2.45) is 17.6 Å². The van der Waals surface area contributed by atoms with E-state index in [9.17, 15) is 4.39 Å². The summed E-state index contributed by atoms with van der Waals surface area (Å²) in [6.45, 7) is 7.12. The Hall–Kier alpha value is -1.09. The standard InChI is InChI=1S/C14H21FN2/c1-10-8-17(9-11(10)2)14-6-12(3-4-16)5-13(15)7-14/h5-7,10-11H,3-4,8-9,16H2,1-2H3. The van der Waals surface area contributed by atoms with Gasteiger partial charge in [0.05, 0.1) is 0 Å². The Balaban J connectivity index is 2.20. The summed E-state index contributed by atoms with van der Waals surface area (Å²) in [5.74, 6) is 1.20. The van der Waals surface area contributed by atoms with E-state index in [4.69, 9.17) is 5.73 Å². The molecule has 1 aliphatic rings. The summed E-state index contributed by atoms with van der Waals surface area (Å²) in [7, 11) is 0. The van der Waals surface area contributed by atoms with Gasteiger partial charge in [-0.3, -0.25) is 0 Å². The van der Waals surface area contributed by atoms with E-state index in [1.165, 1.54) is 0 Å². The van der Waals surface area contributed by atoms with E-state index in [0.29, 0.717) is 18.4 Å². The summed E-state index contributed by atoms with van der Waals surface area (Å²) in [5, 5.41) is 0. The lowest BCUT2D eigenvalue weighted by Gasteiger charge is -2.19. The van der Waals surface area contributed by atoms with Gasteiger partial charge in [0.2, 0.25) is 0 Å². The third kappa shape index (κ3) is 2.78. The number of benzene rings is 1. The van der Waals surface area contributed by atoms with Gasteiger partial charge in [0.15, 0.2) is 0 Å². The van der Waals surface area contributed by atoms with Crippen molar-refractivity contribution in [3.8, 4) is 0 Å². The van der Waals surface area contributed by atoms with Crippen molar-refractivity contribution in [3.05, 3.63) is 29.6 Å². The third-order valence-electron chi connectivity index (χ3n) is 3.73. The molecule has 1 aromatic rings. The van der Waals surface area contributed by atoms with E-state index in [1.54, 1.807) is 12.1 Å². The van der Waals surface area contributed by atoms with Crippen molar-refractivity contribution in [3.63, 3.8) is 0 Å². The average Bonchev–Trinajstić information content (AvgIpc) is 2.59. The van der Waals surface area contributed by atoms with Crippen LogP contribution in [-0.4, -0.2) is 19.6 Å². The van der Waals surface area contributed by atoms with E-state index in [1.807, 2.05) is 0 Å². The van der Waals surface area contributed by atoms with Crippen LogP contribution < -0.4 is 10.6 Å². The number of hydrogen-bond donors (Lipinski definition) is 1. The molecule has 2 rings (SSSR count). The predicted molar refractivity (Wildman–Crippen MR) is 69.7 cm³/mol. The van der Waals surface area contributed by atoms with Crippen molar-refractivity contribution in [1.82, 2.24) is 0 Å². The van der Waals surface area contributed by atoms with E-state index >= 15 is 0 Å². The second kappa shape index (κ2) is 5.05. The molecule has 1 saturated heterocycles. The van der Waals surface area contributed by atoms with E-state index in [0.717, 1.165) is 30.8 Å². The Morgan fingerprint density at radius 2 is 1.88 bits per heavy atom. The SMILES string of the molecule is CC1CN(c2cc(F)cc(CCN)c2)CC1C. The molecule has 1 fully saturated rings. The van der Waals surface area contributed by atoms with Gasteiger partial charge in [-0.2, -0.15) is 0 Å². The van der Waals surface area contributed by atoms with Gasteiger partial charge in [-0.05, 0) is 48.6 Å². The molecule has 2 unspecified atom stereocenters. The molecule has 0 spiro atoms. The van der Waals surface area contributed by atoms with Crippen molar-refractivity contribution in [2.75, 3.05) is 24.5 Å². The number of halogens is 1. The summed E-state index contributed by atoms with van der Waals surface area (Å²) in [4.78, 5) is 2.28. The van der Waals surface area contributed by atoms with Crippen LogP contribution in [0.1, 0.15) is 19.4 Å². The predicted octanol–water partition coefficient (Wildman–Crippen LogP) is 2.42. The fourth-order valence-corrected chi connectivity index (χ4v) is 2.47. The quantitative estimate of drug-likeness (QED) is 0.873. The van der Waals surface area contributed by atoms with Crippen LogP contribution in [0.15, 0.2) is 18.2 Å². The van der Waals surface area contributed by atoms with Crippen molar-refractivity contribution in [1.29, 1.82) is 0 Å². The Morgan fingerprint density at radius 3 is 2.47 bits per heavy atom. The van der Waals surface area contributed by atoms with Gasteiger partial charge in [-0.1, -0.05) is 13.8 Å². The second-order valence-electron chi connectivity index (χ2n) is 5.22. The molecule has 2 N–H and O–H groups in total. The molecular formula is C14H21FN2. The lowest BCUT2D eigenvalue weighted by atomic mass is 10.0. The molecule has 1 aromatic carbocycles. The highest BCUT2D eigenvalue weighted by Gasteiger charge is 2.26. The normalized spacial score (nSPS) is 24.4. The molecule has 0 aromatic heterocycles. The van der Waals surface area contributed by atoms with E-state index < -0.39 is 0 Å². The minimum atomic E-state index is -0.154. The summed E-state index contributed by atoms with van der Waals surface area (Å²) in [6.07, 6.45) is 0.740. The molecule has 94 valence electrons. The van der Waals surface area contributed by atoms with Crippen LogP contribution in [0.25, 0.3) is 0 Å². The Labute approximate surface area is 103 Å². The lowest BCUT2D eigenvalue weighted by molar-refractivity contribution is 0.494. The van der Waals surface area contributed by atoms with E-state index in [2.05, 4.69) is 24.8 Å². The van der Waals surface area contributed by atoms with Crippen molar-refractivity contribution in [2.45, 2.75) is 20.3 Å². The van der Waals surface area contributed by atoms with Crippen LogP contribution in [-0.2, 0) is 6.42 Å². The number of anilines is 1. The molecule has 1 aliphatic heterocycles. The molecule has 17 heavy (non-hydrogen) atoms. The van der Waals surface area contributed by atoms with Crippen LogP contribution in [0.2, 0.25) is 0 Å². The van der Waals surface area contributed by atoms with Crippen LogP contribution >= 0.6 is 0 Å². The molecule has 0 bridgehead atoms. The molecule has 0 radical (unpaired) electrons. The molecule has 2 nitrogen and oxygen atoms in total. The maximum absolute atomic E-state index is 13.5. The van der Waals surface area contributed by atoms with Gasteiger partial charge in [0.25, 0.3) is 0 Å². The zero-order chi connectivity index (χ0) is 12.4. The Bertz CT molecular complexity index is 382. The smallest absolute Gasteiger partial charge is 0.125 e. The van der Waals surface area contributed by atoms with Crippen LogP contribution in [0, 0.1) is 17.7 Å². The summed E-state index contributed by atoms with van der Waals surface area (Å²) in [6, 6.07) is 5.28. The first-order valence-corrected chi connectivity index (χ1v) is 6.34. The monoisotopic (exact) mass is 236 g/mol. The zero-order valence-electron chi connectivity index (χ0n) is 10.6. The maximum Gasteiger partial charge on any atom is 0.125 e. The fraction of sp³-hybridized carbons (Fsp3) is 0.571. The third-order valence-corrected chi connectivity index (χ3v) is 3.73. The van der Waals surface area contributed by atoms with Gasteiger partial charge >= 0.3 is 0 Å². The van der Waals surface area contributed by atoms with Crippen LogP contribution in [0.4, 0.5) is 10.1 Å². The highest BCUT2D eigenvalue weighted by molar-refractivity contribution is 5.50. The highest BCUT2D eigenvalue weighted by atomic mass is 19.1. The van der Waals surface area contributed by atoms with Crippen LogP contribution in [0.5, 0.6) is 0 Å². The summed E-state index contributed by atoms with van der Waals surface area (Å²) in [5.41, 5.74) is 7.52.